The second kappa shape index (κ2) is 6.75. The van der Waals surface area contributed by atoms with Gasteiger partial charge in [0.05, 0.1) is 5.41 Å². The Bertz CT molecular complexity index is 386. The third kappa shape index (κ3) is 5.13. The second-order valence-corrected chi connectivity index (χ2v) is 7.91. The molecule has 0 saturated heterocycles. The first kappa shape index (κ1) is 21.2. The van der Waals surface area contributed by atoms with Crippen LogP contribution in [-0.2, 0) is 9.53 Å². The van der Waals surface area contributed by atoms with Gasteiger partial charge < -0.3 is 4.74 Å². The molecule has 0 rings (SSSR count). The van der Waals surface area contributed by atoms with Crippen molar-refractivity contribution in [3.63, 3.8) is 0 Å². The summed E-state index contributed by atoms with van der Waals surface area (Å²) in [5, 5.41) is 0. The van der Waals surface area contributed by atoms with E-state index in [1.807, 2.05) is 41.5 Å². The molecule has 22 heavy (non-hydrogen) atoms. The van der Waals surface area contributed by atoms with Crippen LogP contribution >= 0.6 is 0 Å². The van der Waals surface area contributed by atoms with Crippen LogP contribution in [0.5, 0.6) is 0 Å². The van der Waals surface area contributed by atoms with Crippen LogP contribution in [0.4, 0.5) is 17.6 Å². The van der Waals surface area contributed by atoms with Gasteiger partial charge in [-0.05, 0) is 24.2 Å². The molecular formula is C16H28F4O2. The van der Waals surface area contributed by atoms with Gasteiger partial charge in [-0.15, -0.1) is 0 Å². The van der Waals surface area contributed by atoms with Gasteiger partial charge in [-0.2, -0.15) is 8.78 Å². The van der Waals surface area contributed by atoms with Gasteiger partial charge in [-0.3, -0.25) is 4.79 Å². The SMILES string of the molecule is CCC(C)(C)CC(C)(C(=O)OCC(F)(F)C(F)F)C(C)(C)C. The minimum Gasteiger partial charge on any atom is -0.459 e. The van der Waals surface area contributed by atoms with E-state index in [1.54, 1.807) is 6.92 Å². The molecule has 0 aliphatic rings. The van der Waals surface area contributed by atoms with Crippen LogP contribution in [0.25, 0.3) is 0 Å². The van der Waals surface area contributed by atoms with Crippen molar-refractivity contribution in [3.8, 4) is 0 Å². The average molecular weight is 328 g/mol. The summed E-state index contributed by atoms with van der Waals surface area (Å²) in [6, 6.07) is 0. The minimum absolute atomic E-state index is 0.202. The molecule has 132 valence electrons. The summed E-state index contributed by atoms with van der Waals surface area (Å²) < 4.78 is 54.9. The summed E-state index contributed by atoms with van der Waals surface area (Å²) in [6.45, 7) is 11.4. The highest BCUT2D eigenvalue weighted by Crippen LogP contribution is 2.48. The largest absolute Gasteiger partial charge is 0.459 e. The summed E-state index contributed by atoms with van der Waals surface area (Å²) in [5.74, 6) is -5.18. The van der Waals surface area contributed by atoms with E-state index in [-0.39, 0.29) is 5.41 Å². The van der Waals surface area contributed by atoms with Crippen molar-refractivity contribution in [2.75, 3.05) is 6.61 Å². The van der Waals surface area contributed by atoms with Crippen LogP contribution in [0.1, 0.15) is 61.3 Å². The third-order valence-corrected chi connectivity index (χ3v) is 4.61. The molecular weight excluding hydrogens is 300 g/mol. The molecule has 0 spiro atoms. The Morgan fingerprint density at radius 2 is 1.50 bits per heavy atom. The van der Waals surface area contributed by atoms with Crippen LogP contribution in [0.3, 0.4) is 0 Å². The number of alkyl halides is 4. The molecule has 0 radical (unpaired) electrons. The number of hydrogen-bond donors (Lipinski definition) is 0. The number of ether oxygens (including phenoxy) is 1. The van der Waals surface area contributed by atoms with Crippen molar-refractivity contribution in [3.05, 3.63) is 0 Å². The summed E-state index contributed by atoms with van der Waals surface area (Å²) >= 11 is 0. The number of hydrogen-bond acceptors (Lipinski definition) is 2. The van der Waals surface area contributed by atoms with Crippen LogP contribution in [0.15, 0.2) is 0 Å². The standard InChI is InChI=1S/C16H28F4O2/c1-8-14(5,6)9-15(7,13(2,3)4)12(21)22-10-16(19,20)11(17)18/h11H,8-10H2,1-7H3. The molecule has 1 atom stereocenters. The molecule has 6 heteroatoms. The second-order valence-electron chi connectivity index (χ2n) is 7.91. The van der Waals surface area contributed by atoms with E-state index >= 15 is 0 Å². The maximum atomic E-state index is 13.0. The van der Waals surface area contributed by atoms with Crippen LogP contribution in [0.2, 0.25) is 0 Å². The lowest BCUT2D eigenvalue weighted by atomic mass is 9.60. The summed E-state index contributed by atoms with van der Waals surface area (Å²) in [6.07, 6.45) is -2.65. The summed E-state index contributed by atoms with van der Waals surface area (Å²) in [5.41, 5.74) is -1.81. The lowest BCUT2D eigenvalue weighted by molar-refractivity contribution is -0.193. The van der Waals surface area contributed by atoms with Crippen molar-refractivity contribution in [2.24, 2.45) is 16.2 Å². The zero-order valence-corrected chi connectivity index (χ0v) is 14.5. The molecule has 0 bridgehead atoms. The predicted molar refractivity (Wildman–Crippen MR) is 78.2 cm³/mol. The Morgan fingerprint density at radius 1 is 1.05 bits per heavy atom. The molecule has 0 amide bonds. The highest BCUT2D eigenvalue weighted by atomic mass is 19.3. The number of carbonyl (C=O) groups is 1. The highest BCUT2D eigenvalue weighted by molar-refractivity contribution is 5.77. The molecule has 0 aromatic heterocycles. The van der Waals surface area contributed by atoms with Crippen molar-refractivity contribution in [1.82, 2.24) is 0 Å². The van der Waals surface area contributed by atoms with E-state index in [1.165, 1.54) is 0 Å². The van der Waals surface area contributed by atoms with Crippen LogP contribution in [-0.4, -0.2) is 24.9 Å². The Morgan fingerprint density at radius 3 is 1.82 bits per heavy atom. The fourth-order valence-electron chi connectivity index (χ4n) is 2.11. The van der Waals surface area contributed by atoms with Crippen molar-refractivity contribution in [1.29, 1.82) is 0 Å². The van der Waals surface area contributed by atoms with E-state index < -0.39 is 35.8 Å². The first-order valence-corrected chi connectivity index (χ1v) is 7.42. The zero-order chi connectivity index (χ0) is 18.0. The first-order valence-electron chi connectivity index (χ1n) is 7.42. The van der Waals surface area contributed by atoms with Gasteiger partial charge >= 0.3 is 18.3 Å². The van der Waals surface area contributed by atoms with E-state index in [4.69, 9.17) is 0 Å². The fourth-order valence-corrected chi connectivity index (χ4v) is 2.11. The molecule has 0 aromatic carbocycles. The monoisotopic (exact) mass is 328 g/mol. The molecule has 0 heterocycles. The quantitative estimate of drug-likeness (QED) is 0.468. The molecule has 0 N–H and O–H groups in total. The minimum atomic E-state index is -4.32. The van der Waals surface area contributed by atoms with Crippen LogP contribution < -0.4 is 0 Å². The Hall–Kier alpha value is -0.810. The van der Waals surface area contributed by atoms with Gasteiger partial charge in [0.25, 0.3) is 0 Å². The fraction of sp³-hybridized carbons (Fsp3) is 0.938. The molecule has 0 saturated carbocycles. The molecule has 0 aliphatic carbocycles. The molecule has 0 aromatic rings. The van der Waals surface area contributed by atoms with E-state index in [0.717, 1.165) is 6.42 Å². The molecule has 2 nitrogen and oxygen atoms in total. The van der Waals surface area contributed by atoms with Crippen molar-refractivity contribution >= 4 is 5.97 Å². The smallest absolute Gasteiger partial charge is 0.340 e. The lowest BCUT2D eigenvalue weighted by Gasteiger charge is -2.44. The van der Waals surface area contributed by atoms with Crippen molar-refractivity contribution in [2.45, 2.75) is 73.7 Å². The molecule has 1 unspecified atom stereocenters. The zero-order valence-electron chi connectivity index (χ0n) is 14.5. The van der Waals surface area contributed by atoms with Gasteiger partial charge in [0.15, 0.2) is 6.61 Å². The van der Waals surface area contributed by atoms with Gasteiger partial charge in [0, 0.05) is 0 Å². The van der Waals surface area contributed by atoms with Gasteiger partial charge in [0.1, 0.15) is 0 Å². The van der Waals surface area contributed by atoms with Crippen LogP contribution in [0, 0.1) is 16.2 Å². The van der Waals surface area contributed by atoms with E-state index in [0.29, 0.717) is 6.42 Å². The van der Waals surface area contributed by atoms with E-state index in [9.17, 15) is 22.4 Å². The van der Waals surface area contributed by atoms with Crippen molar-refractivity contribution < 1.29 is 27.1 Å². The van der Waals surface area contributed by atoms with Gasteiger partial charge in [-0.1, -0.05) is 48.0 Å². The Balaban J connectivity index is 5.26. The topological polar surface area (TPSA) is 26.3 Å². The maximum absolute atomic E-state index is 13.0. The normalized spacial score (nSPS) is 16.5. The summed E-state index contributed by atoms with van der Waals surface area (Å²) in [4.78, 5) is 12.4. The van der Waals surface area contributed by atoms with E-state index in [2.05, 4.69) is 4.74 Å². The molecule has 0 fully saturated rings. The lowest BCUT2D eigenvalue weighted by Crippen LogP contribution is -2.46. The van der Waals surface area contributed by atoms with Gasteiger partial charge in [0.2, 0.25) is 0 Å². The third-order valence-electron chi connectivity index (χ3n) is 4.61. The molecule has 0 aliphatic heterocycles. The van der Waals surface area contributed by atoms with Gasteiger partial charge in [-0.25, -0.2) is 8.78 Å². The first-order chi connectivity index (χ1) is 9.59. The number of halogens is 4. The number of rotatable bonds is 7. The Labute approximate surface area is 130 Å². The average Bonchev–Trinajstić information content (AvgIpc) is 2.33. The summed E-state index contributed by atoms with van der Waals surface area (Å²) in [7, 11) is 0. The Kier molecular flexibility index (Phi) is 6.50. The highest BCUT2D eigenvalue weighted by Gasteiger charge is 2.50. The maximum Gasteiger partial charge on any atom is 0.340 e. The number of carbonyl (C=O) groups excluding carboxylic acids is 1. The predicted octanol–water partition coefficient (Wildman–Crippen LogP) is 5.31. The number of esters is 1.